The van der Waals surface area contributed by atoms with E-state index in [0.717, 1.165) is 35.1 Å². The third kappa shape index (κ3) is 7.13. The van der Waals surface area contributed by atoms with Gasteiger partial charge in [-0.1, -0.05) is 24.3 Å². The Kier molecular flexibility index (Phi) is 9.65. The summed E-state index contributed by atoms with van der Waals surface area (Å²) in [7, 11) is -1.76. The van der Waals surface area contributed by atoms with Gasteiger partial charge in [0.05, 0.1) is 35.0 Å². The molecule has 2 aromatic heterocycles. The minimum atomic E-state index is -3.48. The number of hydrogen-bond acceptors (Lipinski definition) is 7. The first-order valence-corrected chi connectivity index (χ1v) is 17.7. The van der Waals surface area contributed by atoms with E-state index in [1.165, 1.54) is 6.26 Å². The molecule has 0 spiro atoms. The van der Waals surface area contributed by atoms with Crippen molar-refractivity contribution in [2.45, 2.75) is 53.6 Å². The fourth-order valence-corrected chi connectivity index (χ4v) is 6.88. The largest absolute Gasteiger partial charge is 0.464 e. The van der Waals surface area contributed by atoms with E-state index >= 15 is 0 Å². The standard InChI is InChI=1S/C35H43N5O6S/c1-7-40-29-15-14-25(21-30(29)37(5)33(42)35(3,4)34(40)43)11-10-17-38(23-26-12-8-9-13-28(26)36-47(6,44)45)18-19-39-22-24(2)31-27(32(39)41)16-20-46-31/h8-9,12-16,20-22,36H,7,10-11,17-19,23H2,1-6H3. The zero-order chi connectivity index (χ0) is 34.1. The fourth-order valence-electron chi connectivity index (χ4n) is 6.28. The molecular formula is C35H43N5O6S. The Morgan fingerprint density at radius 2 is 1.72 bits per heavy atom. The number of carbonyl (C=O) groups excluding carboxylic acids is 2. The Labute approximate surface area is 275 Å². The lowest BCUT2D eigenvalue weighted by Gasteiger charge is -2.27. The molecule has 47 heavy (non-hydrogen) atoms. The molecule has 11 nitrogen and oxygen atoms in total. The molecule has 12 heteroatoms. The number of nitrogens with zero attached hydrogens (tertiary/aromatic N) is 4. The van der Waals surface area contributed by atoms with Crippen LogP contribution in [0.4, 0.5) is 17.1 Å². The van der Waals surface area contributed by atoms with Crippen LogP contribution in [0.25, 0.3) is 11.0 Å². The van der Waals surface area contributed by atoms with Gasteiger partial charge in [-0.2, -0.15) is 0 Å². The molecule has 1 aliphatic heterocycles. The Morgan fingerprint density at radius 3 is 2.45 bits per heavy atom. The smallest absolute Gasteiger partial charge is 0.261 e. The van der Waals surface area contributed by atoms with E-state index in [0.29, 0.717) is 61.5 Å². The van der Waals surface area contributed by atoms with Crippen LogP contribution in [0.15, 0.2) is 70.2 Å². The average molecular weight is 662 g/mol. The maximum absolute atomic E-state index is 13.3. The van der Waals surface area contributed by atoms with Gasteiger partial charge in [-0.05, 0) is 82.5 Å². The lowest BCUT2D eigenvalue weighted by molar-refractivity contribution is -0.137. The van der Waals surface area contributed by atoms with E-state index in [9.17, 15) is 22.8 Å². The number of furan rings is 1. The molecule has 0 fully saturated rings. The topological polar surface area (TPSA) is 125 Å². The van der Waals surface area contributed by atoms with E-state index < -0.39 is 15.4 Å². The molecular weight excluding hydrogens is 618 g/mol. The van der Waals surface area contributed by atoms with Crippen LogP contribution in [0, 0.1) is 12.3 Å². The monoisotopic (exact) mass is 661 g/mol. The van der Waals surface area contributed by atoms with Gasteiger partial charge in [-0.25, -0.2) is 8.42 Å². The highest BCUT2D eigenvalue weighted by Gasteiger charge is 2.45. The number of para-hydroxylation sites is 1. The van der Waals surface area contributed by atoms with Crippen molar-refractivity contribution in [2.75, 3.05) is 47.5 Å². The minimum absolute atomic E-state index is 0.120. The van der Waals surface area contributed by atoms with Crippen LogP contribution in [-0.4, -0.2) is 62.6 Å². The van der Waals surface area contributed by atoms with Crippen molar-refractivity contribution in [2.24, 2.45) is 5.41 Å². The van der Waals surface area contributed by atoms with Crippen molar-refractivity contribution in [3.05, 3.63) is 88.0 Å². The van der Waals surface area contributed by atoms with Crippen LogP contribution in [-0.2, 0) is 39.1 Å². The molecule has 0 aliphatic carbocycles. The Balaban J connectivity index is 1.37. The molecule has 5 rings (SSSR count). The van der Waals surface area contributed by atoms with Gasteiger partial charge >= 0.3 is 0 Å². The fraction of sp³-hybridized carbons (Fsp3) is 0.400. The molecule has 3 heterocycles. The predicted octanol–water partition coefficient (Wildman–Crippen LogP) is 4.76. The summed E-state index contributed by atoms with van der Waals surface area (Å²) in [4.78, 5) is 45.2. The third-order valence-corrected chi connectivity index (χ3v) is 9.39. The highest BCUT2D eigenvalue weighted by molar-refractivity contribution is 7.92. The molecule has 0 unspecified atom stereocenters. The first-order chi connectivity index (χ1) is 22.2. The van der Waals surface area contributed by atoms with Gasteiger partial charge in [-0.15, -0.1) is 0 Å². The molecule has 1 N–H and O–H groups in total. The molecule has 0 saturated carbocycles. The van der Waals surface area contributed by atoms with Crippen molar-refractivity contribution >= 4 is 49.9 Å². The quantitative estimate of drug-likeness (QED) is 0.217. The van der Waals surface area contributed by atoms with Gasteiger partial charge in [-0.3, -0.25) is 24.0 Å². The highest BCUT2D eigenvalue weighted by Crippen LogP contribution is 2.39. The van der Waals surface area contributed by atoms with Crippen LogP contribution >= 0.6 is 0 Å². The first kappa shape index (κ1) is 33.9. The molecule has 2 aromatic carbocycles. The van der Waals surface area contributed by atoms with Crippen LogP contribution in [0.3, 0.4) is 0 Å². The van der Waals surface area contributed by atoms with E-state index in [1.807, 2.05) is 50.4 Å². The summed E-state index contributed by atoms with van der Waals surface area (Å²) < 4.78 is 34.0. The number of pyridine rings is 1. The second-order valence-electron chi connectivity index (χ2n) is 12.7. The summed E-state index contributed by atoms with van der Waals surface area (Å²) in [5.41, 5.74) is 3.96. The normalized spacial score (nSPS) is 15.0. The number of aryl methyl sites for hydroxylation is 2. The van der Waals surface area contributed by atoms with Gasteiger partial charge < -0.3 is 18.8 Å². The van der Waals surface area contributed by atoms with Crippen molar-refractivity contribution in [1.82, 2.24) is 9.47 Å². The van der Waals surface area contributed by atoms with Crippen LogP contribution < -0.4 is 20.1 Å². The van der Waals surface area contributed by atoms with E-state index in [-0.39, 0.29) is 17.4 Å². The zero-order valence-corrected chi connectivity index (χ0v) is 28.7. The number of rotatable bonds is 12. The number of fused-ring (bicyclic) bond motifs is 2. The van der Waals surface area contributed by atoms with Gasteiger partial charge in [0.15, 0.2) is 0 Å². The lowest BCUT2D eigenvalue weighted by Crippen LogP contribution is -2.47. The summed E-state index contributed by atoms with van der Waals surface area (Å²) in [5, 5.41) is 0.539. The van der Waals surface area contributed by atoms with Crippen molar-refractivity contribution in [1.29, 1.82) is 0 Å². The molecule has 0 saturated heterocycles. The Morgan fingerprint density at radius 1 is 0.979 bits per heavy atom. The Hall–Kier alpha value is -4.42. The summed E-state index contributed by atoms with van der Waals surface area (Å²) >= 11 is 0. The van der Waals surface area contributed by atoms with E-state index in [4.69, 9.17) is 4.42 Å². The second kappa shape index (κ2) is 13.4. The van der Waals surface area contributed by atoms with Crippen molar-refractivity contribution in [3.8, 4) is 0 Å². The highest BCUT2D eigenvalue weighted by atomic mass is 32.2. The third-order valence-electron chi connectivity index (χ3n) is 8.80. The number of carbonyl (C=O) groups is 2. The minimum Gasteiger partial charge on any atom is -0.464 e. The van der Waals surface area contributed by atoms with Gasteiger partial charge in [0.1, 0.15) is 11.0 Å². The molecule has 1 aliphatic rings. The number of sulfonamides is 1. The number of anilines is 3. The number of nitrogens with one attached hydrogen (secondary N) is 1. The maximum Gasteiger partial charge on any atom is 0.261 e. The van der Waals surface area contributed by atoms with E-state index in [2.05, 4.69) is 9.62 Å². The lowest BCUT2D eigenvalue weighted by atomic mass is 9.90. The van der Waals surface area contributed by atoms with E-state index in [1.54, 1.807) is 53.5 Å². The predicted molar refractivity (Wildman–Crippen MR) is 185 cm³/mol. The molecule has 0 radical (unpaired) electrons. The summed E-state index contributed by atoms with van der Waals surface area (Å²) in [6.07, 6.45) is 5.93. The molecule has 2 amide bonds. The summed E-state index contributed by atoms with van der Waals surface area (Å²) in [5.74, 6) is -0.464. The second-order valence-corrected chi connectivity index (χ2v) is 14.5. The summed E-state index contributed by atoms with van der Waals surface area (Å²) in [6.45, 7) is 9.71. The van der Waals surface area contributed by atoms with Crippen LogP contribution in [0.2, 0.25) is 0 Å². The average Bonchev–Trinajstić information content (AvgIpc) is 3.52. The van der Waals surface area contributed by atoms with Crippen molar-refractivity contribution in [3.63, 3.8) is 0 Å². The maximum atomic E-state index is 13.3. The number of amides is 2. The van der Waals surface area contributed by atoms with Crippen LogP contribution in [0.1, 0.15) is 43.9 Å². The van der Waals surface area contributed by atoms with Crippen LogP contribution in [0.5, 0.6) is 0 Å². The summed E-state index contributed by atoms with van der Waals surface area (Å²) in [6, 6.07) is 14.9. The molecule has 4 aromatic rings. The molecule has 0 atom stereocenters. The Bertz CT molecular complexity index is 1980. The van der Waals surface area contributed by atoms with Gasteiger partial charge in [0.2, 0.25) is 21.8 Å². The number of aromatic nitrogens is 1. The molecule has 250 valence electrons. The number of benzene rings is 2. The van der Waals surface area contributed by atoms with Gasteiger partial charge in [0.25, 0.3) is 5.56 Å². The molecule has 0 bridgehead atoms. The SMILES string of the molecule is CCN1C(=O)C(C)(C)C(=O)N(C)c2cc(CCCN(CCn3cc(C)c4occc4c3=O)Cc3ccccc3NS(C)(=O)=O)ccc21. The zero-order valence-electron chi connectivity index (χ0n) is 27.9. The van der Waals surface area contributed by atoms with Crippen molar-refractivity contribution < 1.29 is 22.4 Å². The van der Waals surface area contributed by atoms with Gasteiger partial charge in [0, 0.05) is 45.0 Å². The first-order valence-electron chi connectivity index (χ1n) is 15.8. The number of hydrogen-bond donors (Lipinski definition) is 1.